The maximum atomic E-state index is 11.2. The molecule has 4 nitrogen and oxygen atoms in total. The lowest BCUT2D eigenvalue weighted by molar-refractivity contribution is -0.151. The average molecular weight is 451 g/mol. The van der Waals surface area contributed by atoms with Gasteiger partial charge >= 0.3 is 11.9 Å². The van der Waals surface area contributed by atoms with E-state index in [1.54, 1.807) is 6.92 Å². The quantitative estimate of drug-likeness (QED) is 0.321. The van der Waals surface area contributed by atoms with Crippen LogP contribution in [0.3, 0.4) is 0 Å². The SMILES string of the molecule is CC.CC.CC/C=C\COC(=O)C(C)(C)C.CCC(C)Cc1ccc(C(C)C(=O)O)cc1. The van der Waals surface area contributed by atoms with E-state index < -0.39 is 11.9 Å². The number of carboxylic acid groups (broad SMARTS) is 1. The van der Waals surface area contributed by atoms with Gasteiger partial charge in [0.1, 0.15) is 6.61 Å². The first-order valence-electron chi connectivity index (χ1n) is 12.2. The Bertz CT molecular complexity index is 609. The van der Waals surface area contributed by atoms with E-state index in [1.807, 2.05) is 91.8 Å². The molecule has 0 heterocycles. The zero-order valence-electron chi connectivity index (χ0n) is 22.6. The van der Waals surface area contributed by atoms with Crippen LogP contribution in [0.4, 0.5) is 0 Å². The van der Waals surface area contributed by atoms with E-state index in [4.69, 9.17) is 9.84 Å². The van der Waals surface area contributed by atoms with Gasteiger partial charge in [-0.2, -0.15) is 0 Å². The summed E-state index contributed by atoms with van der Waals surface area (Å²) in [6.07, 6.45) is 7.07. The zero-order chi connectivity index (χ0) is 25.7. The molecule has 1 rings (SSSR count). The number of allylic oxidation sites excluding steroid dienone is 1. The largest absolute Gasteiger partial charge is 0.481 e. The number of carbonyl (C=O) groups excluding carboxylic acids is 1. The molecule has 0 fully saturated rings. The van der Waals surface area contributed by atoms with Crippen molar-refractivity contribution in [2.45, 2.75) is 101 Å². The molecule has 0 radical (unpaired) electrons. The van der Waals surface area contributed by atoms with E-state index in [2.05, 4.69) is 13.8 Å². The molecule has 0 spiro atoms. The average Bonchev–Trinajstić information content (AvgIpc) is 2.79. The van der Waals surface area contributed by atoms with Crippen molar-refractivity contribution in [3.63, 3.8) is 0 Å². The molecule has 0 aromatic heterocycles. The van der Waals surface area contributed by atoms with Crippen molar-refractivity contribution in [1.82, 2.24) is 0 Å². The number of carbonyl (C=O) groups is 2. The topological polar surface area (TPSA) is 63.6 Å². The molecule has 0 aliphatic rings. The summed E-state index contributed by atoms with van der Waals surface area (Å²) in [5, 5.41) is 8.89. The molecular weight excluding hydrogens is 400 g/mol. The number of hydrogen-bond donors (Lipinski definition) is 1. The molecule has 1 aromatic rings. The first kappa shape index (κ1) is 34.5. The van der Waals surface area contributed by atoms with Gasteiger partial charge < -0.3 is 9.84 Å². The lowest BCUT2D eigenvalue weighted by Gasteiger charge is -2.15. The third-order valence-electron chi connectivity index (χ3n) is 4.46. The summed E-state index contributed by atoms with van der Waals surface area (Å²) in [7, 11) is 0. The highest BCUT2D eigenvalue weighted by Gasteiger charge is 2.22. The van der Waals surface area contributed by atoms with Crippen molar-refractivity contribution >= 4 is 11.9 Å². The van der Waals surface area contributed by atoms with E-state index in [0.717, 1.165) is 18.4 Å². The van der Waals surface area contributed by atoms with Gasteiger partial charge in [0, 0.05) is 0 Å². The smallest absolute Gasteiger partial charge is 0.311 e. The van der Waals surface area contributed by atoms with Crippen LogP contribution in [0, 0.1) is 11.3 Å². The first-order valence-corrected chi connectivity index (χ1v) is 12.2. The van der Waals surface area contributed by atoms with Crippen molar-refractivity contribution in [2.24, 2.45) is 11.3 Å². The molecule has 1 N–H and O–H groups in total. The molecular formula is C28H50O4. The van der Waals surface area contributed by atoms with Crippen molar-refractivity contribution in [3.8, 4) is 0 Å². The van der Waals surface area contributed by atoms with Gasteiger partial charge in [0.15, 0.2) is 0 Å². The molecule has 1 aromatic carbocycles. The molecule has 186 valence electrons. The number of esters is 1. The second kappa shape index (κ2) is 20.8. The fourth-order valence-electron chi connectivity index (χ4n) is 2.21. The lowest BCUT2D eigenvalue weighted by atomic mass is 9.95. The number of rotatable bonds is 8. The zero-order valence-corrected chi connectivity index (χ0v) is 22.6. The molecule has 2 unspecified atom stereocenters. The minimum Gasteiger partial charge on any atom is -0.481 e. The molecule has 0 bridgehead atoms. The van der Waals surface area contributed by atoms with Gasteiger partial charge in [-0.1, -0.05) is 91.3 Å². The van der Waals surface area contributed by atoms with Crippen LogP contribution in [-0.4, -0.2) is 23.7 Å². The highest BCUT2D eigenvalue weighted by molar-refractivity contribution is 5.75. The Morgan fingerprint density at radius 1 is 0.969 bits per heavy atom. The lowest BCUT2D eigenvalue weighted by Crippen LogP contribution is -2.22. The Morgan fingerprint density at radius 2 is 1.47 bits per heavy atom. The van der Waals surface area contributed by atoms with E-state index in [-0.39, 0.29) is 11.4 Å². The summed E-state index contributed by atoms with van der Waals surface area (Å²) in [6.45, 7) is 22.1. The summed E-state index contributed by atoms with van der Waals surface area (Å²) in [5.74, 6) is -0.654. The fraction of sp³-hybridized carbons (Fsp3) is 0.643. The van der Waals surface area contributed by atoms with Gasteiger partial charge in [0.25, 0.3) is 0 Å². The standard InChI is InChI=1S/C14H20O2.C10H18O2.2C2H6/c1-4-10(2)9-12-5-7-13(8-6-12)11(3)14(15)16;1-5-6-7-8-12-9(11)10(2,3)4;2*1-2/h5-8,10-11H,4,9H2,1-3H3,(H,15,16);6-7H,5,8H2,1-4H3;2*1-2H3/b;7-6-;;. The Kier molecular flexibility index (Phi) is 22.4. The van der Waals surface area contributed by atoms with Crippen molar-refractivity contribution in [1.29, 1.82) is 0 Å². The summed E-state index contributed by atoms with van der Waals surface area (Å²) in [4.78, 5) is 22.0. The Morgan fingerprint density at radius 3 is 1.84 bits per heavy atom. The van der Waals surface area contributed by atoms with Gasteiger partial charge in [-0.15, -0.1) is 0 Å². The second-order valence-corrected chi connectivity index (χ2v) is 8.25. The van der Waals surface area contributed by atoms with E-state index >= 15 is 0 Å². The van der Waals surface area contributed by atoms with Crippen LogP contribution in [0.25, 0.3) is 0 Å². The highest BCUT2D eigenvalue weighted by atomic mass is 16.5. The highest BCUT2D eigenvalue weighted by Crippen LogP contribution is 2.18. The predicted molar refractivity (Wildman–Crippen MR) is 138 cm³/mol. The molecule has 32 heavy (non-hydrogen) atoms. The summed E-state index contributed by atoms with van der Waals surface area (Å²) in [6, 6.07) is 7.94. The van der Waals surface area contributed by atoms with E-state index in [1.165, 1.54) is 12.0 Å². The second-order valence-electron chi connectivity index (χ2n) is 8.25. The van der Waals surface area contributed by atoms with Gasteiger partial charge in [0.05, 0.1) is 11.3 Å². The molecule has 0 saturated carbocycles. The van der Waals surface area contributed by atoms with Crippen LogP contribution in [-0.2, 0) is 20.7 Å². The van der Waals surface area contributed by atoms with Crippen molar-refractivity contribution < 1.29 is 19.4 Å². The van der Waals surface area contributed by atoms with Crippen LogP contribution in [0.15, 0.2) is 36.4 Å². The molecule has 4 heteroatoms. The van der Waals surface area contributed by atoms with E-state index in [9.17, 15) is 9.59 Å². The Labute approximate surface area is 198 Å². The van der Waals surface area contributed by atoms with Crippen LogP contribution < -0.4 is 0 Å². The van der Waals surface area contributed by atoms with E-state index in [0.29, 0.717) is 12.5 Å². The minimum absolute atomic E-state index is 0.150. The number of carboxylic acids is 1. The summed E-state index contributed by atoms with van der Waals surface area (Å²) < 4.78 is 4.98. The third-order valence-corrected chi connectivity index (χ3v) is 4.46. The predicted octanol–water partition coefficient (Wildman–Crippen LogP) is 8.06. The van der Waals surface area contributed by atoms with Gasteiger partial charge in [-0.25, -0.2) is 0 Å². The molecule has 2 atom stereocenters. The molecule has 0 aliphatic carbocycles. The van der Waals surface area contributed by atoms with Crippen LogP contribution in [0.5, 0.6) is 0 Å². The van der Waals surface area contributed by atoms with Gasteiger partial charge in [-0.3, -0.25) is 9.59 Å². The summed E-state index contributed by atoms with van der Waals surface area (Å²) >= 11 is 0. The number of benzene rings is 1. The van der Waals surface area contributed by atoms with Crippen molar-refractivity contribution in [2.75, 3.05) is 6.61 Å². The summed E-state index contributed by atoms with van der Waals surface area (Å²) in [5.41, 5.74) is 1.77. The van der Waals surface area contributed by atoms with Gasteiger partial charge in [0.2, 0.25) is 0 Å². The minimum atomic E-state index is -0.769. The molecule has 0 saturated heterocycles. The Hall–Kier alpha value is -2.10. The van der Waals surface area contributed by atoms with Crippen LogP contribution >= 0.6 is 0 Å². The van der Waals surface area contributed by atoms with Gasteiger partial charge in [-0.05, 0) is 57.6 Å². The maximum Gasteiger partial charge on any atom is 0.311 e. The number of hydrogen-bond acceptors (Lipinski definition) is 3. The monoisotopic (exact) mass is 450 g/mol. The number of ether oxygens (including phenoxy) is 1. The van der Waals surface area contributed by atoms with Crippen molar-refractivity contribution in [3.05, 3.63) is 47.5 Å². The first-order chi connectivity index (χ1) is 15.0. The third kappa shape index (κ3) is 17.6. The molecule has 0 amide bonds. The Balaban J connectivity index is -0.000000469. The molecule has 0 aliphatic heterocycles. The maximum absolute atomic E-state index is 11.2. The van der Waals surface area contributed by atoms with Crippen LogP contribution in [0.2, 0.25) is 0 Å². The normalized spacial score (nSPS) is 12.1. The van der Waals surface area contributed by atoms with Crippen LogP contribution in [0.1, 0.15) is 106 Å². The fourth-order valence-corrected chi connectivity index (χ4v) is 2.21. The number of aliphatic carboxylic acids is 1.